The van der Waals surface area contributed by atoms with Crippen molar-refractivity contribution in [3.63, 3.8) is 0 Å². The number of hydrogen-bond acceptors (Lipinski definition) is 2. The van der Waals surface area contributed by atoms with E-state index in [0.29, 0.717) is 16.1 Å². The van der Waals surface area contributed by atoms with E-state index in [-0.39, 0.29) is 5.78 Å². The number of aliphatic hydroxyl groups excluding tert-OH is 1. The van der Waals surface area contributed by atoms with Gasteiger partial charge in [0.2, 0.25) is 0 Å². The van der Waals surface area contributed by atoms with Gasteiger partial charge >= 0.3 is 0 Å². The van der Waals surface area contributed by atoms with Gasteiger partial charge in [-0.1, -0.05) is 57.9 Å². The second-order valence-corrected chi connectivity index (χ2v) is 5.12. The van der Waals surface area contributed by atoms with Gasteiger partial charge in [0.1, 0.15) is 6.10 Å². The molecule has 2 rings (SSSR count). The molecule has 2 nitrogen and oxygen atoms in total. The maximum atomic E-state index is 12.1. The predicted molar refractivity (Wildman–Crippen MR) is 74.9 cm³/mol. The van der Waals surface area contributed by atoms with Crippen LogP contribution >= 0.6 is 27.5 Å². The van der Waals surface area contributed by atoms with Crippen LogP contribution in [-0.2, 0) is 0 Å². The molecule has 0 saturated heterocycles. The Labute approximate surface area is 118 Å². The van der Waals surface area contributed by atoms with Crippen LogP contribution in [0, 0.1) is 0 Å². The molecular formula is C14H10BrClO2. The van der Waals surface area contributed by atoms with Gasteiger partial charge in [-0.25, -0.2) is 0 Å². The monoisotopic (exact) mass is 324 g/mol. The predicted octanol–water partition coefficient (Wildman–Crippen LogP) is 4.02. The molecule has 0 bridgehead atoms. The van der Waals surface area contributed by atoms with E-state index in [9.17, 15) is 9.90 Å². The fourth-order valence-corrected chi connectivity index (χ4v) is 2.11. The van der Waals surface area contributed by atoms with Gasteiger partial charge in [-0.15, -0.1) is 0 Å². The lowest BCUT2D eigenvalue weighted by Crippen LogP contribution is -2.12. The second-order valence-electron chi connectivity index (χ2n) is 3.80. The van der Waals surface area contributed by atoms with E-state index in [0.717, 1.165) is 4.47 Å². The second kappa shape index (κ2) is 5.65. The number of ketones is 1. The van der Waals surface area contributed by atoms with Crippen molar-refractivity contribution in [3.8, 4) is 0 Å². The fraction of sp³-hybridized carbons (Fsp3) is 0.0714. The first-order valence-corrected chi connectivity index (χ1v) is 6.49. The van der Waals surface area contributed by atoms with Crippen molar-refractivity contribution in [2.24, 2.45) is 0 Å². The highest BCUT2D eigenvalue weighted by Gasteiger charge is 2.20. The average molecular weight is 326 g/mol. The Bertz CT molecular complexity index is 566. The maximum absolute atomic E-state index is 12.1. The summed E-state index contributed by atoms with van der Waals surface area (Å²) in [5, 5.41) is 10.4. The maximum Gasteiger partial charge on any atom is 0.195 e. The number of Topliss-reactive ketones (excluding diaryl/α,β-unsaturated/α-hetero) is 1. The standard InChI is InChI=1S/C14H10BrClO2/c15-10-7-5-9(6-8-10)13(17)14(18)11-3-1-2-4-12(11)16/h1-8,14,18H. The van der Waals surface area contributed by atoms with Crippen LogP contribution in [-0.4, -0.2) is 10.9 Å². The van der Waals surface area contributed by atoms with Crippen molar-refractivity contribution in [2.75, 3.05) is 0 Å². The number of carbonyl (C=O) groups is 1. The minimum atomic E-state index is -1.24. The quantitative estimate of drug-likeness (QED) is 0.866. The SMILES string of the molecule is O=C(c1ccc(Br)cc1)C(O)c1ccccc1Cl. The van der Waals surface area contributed by atoms with E-state index in [4.69, 9.17) is 11.6 Å². The van der Waals surface area contributed by atoms with Crippen molar-refractivity contribution in [1.29, 1.82) is 0 Å². The number of halogens is 2. The first-order valence-electron chi connectivity index (χ1n) is 5.32. The number of aliphatic hydroxyl groups is 1. The van der Waals surface area contributed by atoms with Crippen LogP contribution in [0.1, 0.15) is 22.0 Å². The zero-order valence-electron chi connectivity index (χ0n) is 9.31. The summed E-state index contributed by atoms with van der Waals surface area (Å²) in [6, 6.07) is 13.6. The van der Waals surface area contributed by atoms with Crippen LogP contribution in [0.4, 0.5) is 0 Å². The van der Waals surface area contributed by atoms with Crippen LogP contribution in [0.3, 0.4) is 0 Å². The highest BCUT2D eigenvalue weighted by atomic mass is 79.9. The van der Waals surface area contributed by atoms with Gasteiger partial charge in [-0.2, -0.15) is 0 Å². The Hall–Kier alpha value is -1.16. The van der Waals surface area contributed by atoms with Crippen LogP contribution in [0.5, 0.6) is 0 Å². The highest BCUT2D eigenvalue weighted by molar-refractivity contribution is 9.10. The van der Waals surface area contributed by atoms with Crippen molar-refractivity contribution < 1.29 is 9.90 Å². The lowest BCUT2D eigenvalue weighted by atomic mass is 10.00. The molecule has 92 valence electrons. The van der Waals surface area contributed by atoms with Crippen molar-refractivity contribution in [3.05, 3.63) is 69.2 Å². The van der Waals surface area contributed by atoms with E-state index in [1.54, 1.807) is 48.5 Å². The van der Waals surface area contributed by atoms with Gasteiger partial charge in [-0.05, 0) is 18.2 Å². The molecule has 0 spiro atoms. The molecule has 0 aliphatic carbocycles. The van der Waals surface area contributed by atoms with E-state index in [1.807, 2.05) is 0 Å². The summed E-state index contributed by atoms with van der Waals surface area (Å²) in [6.45, 7) is 0. The normalized spacial score (nSPS) is 12.2. The third-order valence-corrected chi connectivity index (χ3v) is 3.45. The molecular weight excluding hydrogens is 316 g/mol. The smallest absolute Gasteiger partial charge is 0.195 e. The van der Waals surface area contributed by atoms with Gasteiger partial charge in [0.05, 0.1) is 0 Å². The summed E-state index contributed by atoms with van der Waals surface area (Å²) < 4.78 is 0.881. The molecule has 4 heteroatoms. The molecule has 18 heavy (non-hydrogen) atoms. The molecule has 0 aromatic heterocycles. The minimum Gasteiger partial charge on any atom is -0.380 e. The Morgan fingerprint density at radius 3 is 2.33 bits per heavy atom. The summed E-state index contributed by atoms with van der Waals surface area (Å²) in [5.41, 5.74) is 0.873. The summed E-state index contributed by atoms with van der Waals surface area (Å²) in [7, 11) is 0. The van der Waals surface area contributed by atoms with Gasteiger partial charge in [0.25, 0.3) is 0 Å². The molecule has 1 atom stereocenters. The lowest BCUT2D eigenvalue weighted by molar-refractivity contribution is 0.0747. The van der Waals surface area contributed by atoms with E-state index in [2.05, 4.69) is 15.9 Å². The van der Waals surface area contributed by atoms with Crippen molar-refractivity contribution in [1.82, 2.24) is 0 Å². The molecule has 2 aromatic carbocycles. The minimum absolute atomic E-state index is 0.365. The molecule has 0 heterocycles. The first kappa shape index (κ1) is 13.3. The molecule has 0 aliphatic rings. The number of benzene rings is 2. The molecule has 2 aromatic rings. The Kier molecular flexibility index (Phi) is 4.17. The molecule has 0 saturated carbocycles. The largest absolute Gasteiger partial charge is 0.380 e. The van der Waals surface area contributed by atoms with Crippen LogP contribution in [0.25, 0.3) is 0 Å². The van der Waals surface area contributed by atoms with Gasteiger partial charge in [-0.3, -0.25) is 4.79 Å². The van der Waals surface area contributed by atoms with Crippen molar-refractivity contribution in [2.45, 2.75) is 6.10 Å². The summed E-state index contributed by atoms with van der Waals surface area (Å²) >= 11 is 9.25. The zero-order chi connectivity index (χ0) is 13.1. The number of rotatable bonds is 3. The number of hydrogen-bond donors (Lipinski definition) is 1. The zero-order valence-corrected chi connectivity index (χ0v) is 11.6. The first-order chi connectivity index (χ1) is 8.59. The Balaban J connectivity index is 2.29. The van der Waals surface area contributed by atoms with Gasteiger partial charge in [0, 0.05) is 20.6 Å². The van der Waals surface area contributed by atoms with Gasteiger partial charge in [0.15, 0.2) is 5.78 Å². The van der Waals surface area contributed by atoms with E-state index < -0.39 is 6.10 Å². The lowest BCUT2D eigenvalue weighted by Gasteiger charge is -2.11. The van der Waals surface area contributed by atoms with E-state index in [1.165, 1.54) is 0 Å². The highest BCUT2D eigenvalue weighted by Crippen LogP contribution is 2.25. The molecule has 0 amide bonds. The molecule has 1 unspecified atom stereocenters. The topological polar surface area (TPSA) is 37.3 Å². The summed E-state index contributed by atoms with van der Waals surface area (Å²) in [4.78, 5) is 12.1. The summed E-state index contributed by atoms with van der Waals surface area (Å²) in [5.74, 6) is -0.365. The number of carbonyl (C=O) groups excluding carboxylic acids is 1. The Morgan fingerprint density at radius 1 is 1.11 bits per heavy atom. The average Bonchev–Trinajstić information content (AvgIpc) is 2.38. The van der Waals surface area contributed by atoms with E-state index >= 15 is 0 Å². The molecule has 0 radical (unpaired) electrons. The third-order valence-electron chi connectivity index (χ3n) is 2.58. The Morgan fingerprint density at radius 2 is 1.72 bits per heavy atom. The molecule has 1 N–H and O–H groups in total. The summed E-state index contributed by atoms with van der Waals surface area (Å²) in [6.07, 6.45) is -1.24. The van der Waals surface area contributed by atoms with Crippen molar-refractivity contribution >= 4 is 33.3 Å². The molecule has 0 fully saturated rings. The van der Waals surface area contributed by atoms with Gasteiger partial charge < -0.3 is 5.11 Å². The third kappa shape index (κ3) is 2.80. The van der Waals surface area contributed by atoms with Crippen LogP contribution in [0.2, 0.25) is 5.02 Å². The van der Waals surface area contributed by atoms with Crippen LogP contribution < -0.4 is 0 Å². The molecule has 0 aliphatic heterocycles. The van der Waals surface area contributed by atoms with Crippen LogP contribution in [0.15, 0.2) is 53.0 Å². The fourth-order valence-electron chi connectivity index (χ4n) is 1.61.